The standard InChI is InChI=1S/C23H19BrN2O2/c1-2-14-27-21-12-10-17(11-13-21)16-6-8-18(9-7-16)22-25-23(28-26-22)19-4-3-5-20(24)15-19/h3-13,15H,2,14H2,1H3. The van der Waals surface area contributed by atoms with Crippen LogP contribution in [-0.2, 0) is 0 Å². The molecule has 5 heteroatoms. The van der Waals surface area contributed by atoms with Crippen molar-refractivity contribution in [2.24, 2.45) is 0 Å². The molecule has 4 rings (SSSR count). The molecule has 0 aliphatic rings. The second-order valence-electron chi connectivity index (χ2n) is 6.38. The zero-order chi connectivity index (χ0) is 19.3. The molecule has 0 fully saturated rings. The number of ether oxygens (including phenoxy) is 1. The molecule has 0 amide bonds. The number of rotatable bonds is 6. The van der Waals surface area contributed by atoms with E-state index in [1.165, 1.54) is 0 Å². The van der Waals surface area contributed by atoms with Gasteiger partial charge < -0.3 is 9.26 Å². The van der Waals surface area contributed by atoms with Crippen molar-refractivity contribution < 1.29 is 9.26 Å². The Kier molecular flexibility index (Phi) is 5.53. The average Bonchev–Trinajstić information content (AvgIpc) is 3.23. The molecule has 0 saturated heterocycles. The molecule has 0 spiro atoms. The van der Waals surface area contributed by atoms with Gasteiger partial charge in [-0.05, 0) is 47.9 Å². The quantitative estimate of drug-likeness (QED) is 0.341. The van der Waals surface area contributed by atoms with Gasteiger partial charge in [0, 0.05) is 15.6 Å². The summed E-state index contributed by atoms with van der Waals surface area (Å²) < 4.78 is 12.0. The van der Waals surface area contributed by atoms with Gasteiger partial charge in [0.05, 0.1) is 6.61 Å². The van der Waals surface area contributed by atoms with Crippen molar-refractivity contribution in [2.45, 2.75) is 13.3 Å². The minimum Gasteiger partial charge on any atom is -0.494 e. The summed E-state index contributed by atoms with van der Waals surface area (Å²) in [6, 6.07) is 24.1. The Hall–Kier alpha value is -2.92. The van der Waals surface area contributed by atoms with Gasteiger partial charge in [0.1, 0.15) is 5.75 Å². The van der Waals surface area contributed by atoms with E-state index in [2.05, 4.69) is 57.3 Å². The Morgan fingerprint density at radius 3 is 2.21 bits per heavy atom. The van der Waals surface area contributed by atoms with Crippen LogP contribution in [0.3, 0.4) is 0 Å². The van der Waals surface area contributed by atoms with Gasteiger partial charge in [0.2, 0.25) is 5.82 Å². The Morgan fingerprint density at radius 1 is 0.857 bits per heavy atom. The molecule has 1 heterocycles. The first-order valence-corrected chi connectivity index (χ1v) is 9.95. The smallest absolute Gasteiger partial charge is 0.258 e. The molecule has 0 N–H and O–H groups in total. The molecule has 28 heavy (non-hydrogen) atoms. The summed E-state index contributed by atoms with van der Waals surface area (Å²) in [5.41, 5.74) is 4.06. The van der Waals surface area contributed by atoms with E-state index in [-0.39, 0.29) is 0 Å². The van der Waals surface area contributed by atoms with Crippen LogP contribution in [0.2, 0.25) is 0 Å². The van der Waals surface area contributed by atoms with Crippen LogP contribution in [0.1, 0.15) is 13.3 Å². The van der Waals surface area contributed by atoms with Crippen LogP contribution in [0.4, 0.5) is 0 Å². The van der Waals surface area contributed by atoms with E-state index in [0.717, 1.165) is 45.5 Å². The van der Waals surface area contributed by atoms with E-state index < -0.39 is 0 Å². The van der Waals surface area contributed by atoms with Gasteiger partial charge in [0.15, 0.2) is 0 Å². The highest BCUT2D eigenvalue weighted by atomic mass is 79.9. The van der Waals surface area contributed by atoms with Crippen molar-refractivity contribution in [3.05, 3.63) is 77.3 Å². The van der Waals surface area contributed by atoms with Crippen LogP contribution in [0.15, 0.2) is 81.8 Å². The third kappa shape index (κ3) is 4.15. The molecule has 0 atom stereocenters. The van der Waals surface area contributed by atoms with Crippen molar-refractivity contribution in [1.29, 1.82) is 0 Å². The van der Waals surface area contributed by atoms with Gasteiger partial charge >= 0.3 is 0 Å². The maximum Gasteiger partial charge on any atom is 0.258 e. The van der Waals surface area contributed by atoms with E-state index in [1.807, 2.05) is 48.5 Å². The fraction of sp³-hybridized carbons (Fsp3) is 0.130. The van der Waals surface area contributed by atoms with Crippen LogP contribution < -0.4 is 4.74 Å². The first kappa shape index (κ1) is 18.4. The molecule has 0 saturated carbocycles. The molecular formula is C23H19BrN2O2. The normalized spacial score (nSPS) is 10.8. The van der Waals surface area contributed by atoms with Crippen LogP contribution >= 0.6 is 15.9 Å². The Balaban J connectivity index is 1.52. The van der Waals surface area contributed by atoms with Crippen molar-refractivity contribution in [3.63, 3.8) is 0 Å². The van der Waals surface area contributed by atoms with Crippen molar-refractivity contribution in [2.75, 3.05) is 6.61 Å². The summed E-state index contributed by atoms with van der Waals surface area (Å²) in [5, 5.41) is 4.12. The van der Waals surface area contributed by atoms with E-state index in [4.69, 9.17) is 9.26 Å². The number of hydrogen-bond acceptors (Lipinski definition) is 4. The summed E-state index contributed by atoms with van der Waals surface area (Å²) in [6.07, 6.45) is 1.00. The topological polar surface area (TPSA) is 48.2 Å². The average molecular weight is 435 g/mol. The summed E-state index contributed by atoms with van der Waals surface area (Å²) in [7, 11) is 0. The second-order valence-corrected chi connectivity index (χ2v) is 7.30. The van der Waals surface area contributed by atoms with Crippen LogP contribution in [-0.4, -0.2) is 16.7 Å². The summed E-state index contributed by atoms with van der Waals surface area (Å²) in [4.78, 5) is 4.52. The molecule has 3 aromatic carbocycles. The fourth-order valence-corrected chi connectivity index (χ4v) is 3.25. The monoisotopic (exact) mass is 434 g/mol. The predicted octanol–water partition coefficient (Wildman–Crippen LogP) is 6.62. The molecule has 0 unspecified atom stereocenters. The summed E-state index contributed by atoms with van der Waals surface area (Å²) >= 11 is 3.46. The van der Waals surface area contributed by atoms with Crippen LogP contribution in [0, 0.1) is 0 Å². The molecule has 140 valence electrons. The lowest BCUT2D eigenvalue weighted by atomic mass is 10.0. The van der Waals surface area contributed by atoms with Crippen LogP contribution in [0.5, 0.6) is 5.75 Å². The Morgan fingerprint density at radius 2 is 1.54 bits per heavy atom. The van der Waals surface area contributed by atoms with E-state index in [9.17, 15) is 0 Å². The zero-order valence-electron chi connectivity index (χ0n) is 15.4. The van der Waals surface area contributed by atoms with Crippen molar-refractivity contribution >= 4 is 15.9 Å². The molecule has 0 aliphatic carbocycles. The molecular weight excluding hydrogens is 416 g/mol. The number of halogens is 1. The number of nitrogens with zero attached hydrogens (tertiary/aromatic N) is 2. The number of hydrogen-bond donors (Lipinski definition) is 0. The van der Waals surface area contributed by atoms with E-state index >= 15 is 0 Å². The molecule has 0 bridgehead atoms. The molecule has 0 radical (unpaired) electrons. The lowest BCUT2D eigenvalue weighted by Crippen LogP contribution is -1.94. The summed E-state index contributed by atoms with van der Waals surface area (Å²) in [6.45, 7) is 2.84. The Bertz CT molecular complexity index is 1060. The Labute approximate surface area is 172 Å². The van der Waals surface area contributed by atoms with Gasteiger partial charge in [0.25, 0.3) is 5.89 Å². The molecule has 4 nitrogen and oxygen atoms in total. The van der Waals surface area contributed by atoms with Gasteiger partial charge in [-0.15, -0.1) is 0 Å². The molecule has 4 aromatic rings. The first-order valence-electron chi connectivity index (χ1n) is 9.16. The molecule has 0 aliphatic heterocycles. The predicted molar refractivity (Wildman–Crippen MR) is 114 cm³/mol. The van der Waals surface area contributed by atoms with Gasteiger partial charge in [-0.1, -0.05) is 70.5 Å². The minimum absolute atomic E-state index is 0.503. The third-order valence-electron chi connectivity index (χ3n) is 4.30. The van der Waals surface area contributed by atoms with E-state index in [0.29, 0.717) is 11.7 Å². The summed E-state index contributed by atoms with van der Waals surface area (Å²) in [5.74, 6) is 1.97. The van der Waals surface area contributed by atoms with Crippen molar-refractivity contribution in [1.82, 2.24) is 10.1 Å². The minimum atomic E-state index is 0.503. The highest BCUT2D eigenvalue weighted by Gasteiger charge is 2.11. The molecule has 1 aromatic heterocycles. The highest BCUT2D eigenvalue weighted by molar-refractivity contribution is 9.10. The number of aromatic nitrogens is 2. The largest absolute Gasteiger partial charge is 0.494 e. The van der Waals surface area contributed by atoms with Gasteiger partial charge in [-0.3, -0.25) is 0 Å². The highest BCUT2D eigenvalue weighted by Crippen LogP contribution is 2.27. The lowest BCUT2D eigenvalue weighted by molar-refractivity contribution is 0.317. The van der Waals surface area contributed by atoms with E-state index in [1.54, 1.807) is 0 Å². The SMILES string of the molecule is CCCOc1ccc(-c2ccc(-c3noc(-c4cccc(Br)c4)n3)cc2)cc1. The number of benzene rings is 3. The lowest BCUT2D eigenvalue weighted by Gasteiger charge is -2.06. The second kappa shape index (κ2) is 8.40. The van der Waals surface area contributed by atoms with Gasteiger partial charge in [-0.25, -0.2) is 0 Å². The zero-order valence-corrected chi connectivity index (χ0v) is 17.0. The maximum atomic E-state index is 5.64. The van der Waals surface area contributed by atoms with Crippen molar-refractivity contribution in [3.8, 4) is 39.7 Å². The van der Waals surface area contributed by atoms with Gasteiger partial charge in [-0.2, -0.15) is 4.98 Å². The van der Waals surface area contributed by atoms with Crippen LogP contribution in [0.25, 0.3) is 34.0 Å². The third-order valence-corrected chi connectivity index (χ3v) is 4.79. The maximum absolute atomic E-state index is 5.64. The first-order chi connectivity index (χ1) is 13.7. The fourth-order valence-electron chi connectivity index (χ4n) is 2.85.